The molecule has 1 rings (SSSR count). The predicted molar refractivity (Wildman–Crippen MR) is 60.9 cm³/mol. The van der Waals surface area contributed by atoms with Crippen LogP contribution in [0.15, 0.2) is 15.6 Å². The van der Waals surface area contributed by atoms with Crippen LogP contribution in [0.3, 0.4) is 0 Å². The van der Waals surface area contributed by atoms with Crippen molar-refractivity contribution in [2.75, 3.05) is 13.7 Å². The molecule has 1 atom stereocenters. The molecule has 0 bridgehead atoms. The Hall–Kier alpha value is -0.810. The van der Waals surface area contributed by atoms with E-state index in [9.17, 15) is 4.79 Å². The Morgan fingerprint density at radius 2 is 2.47 bits per heavy atom. The second-order valence-corrected chi connectivity index (χ2v) is 4.58. The average Bonchev–Trinajstić information content (AvgIpc) is 2.26. The van der Waals surface area contributed by atoms with Gasteiger partial charge in [-0.15, -0.1) is 11.8 Å². The molecule has 4 nitrogen and oxygen atoms in total. The molecule has 1 unspecified atom stereocenters. The minimum Gasteiger partial charge on any atom is -0.465 e. The highest BCUT2D eigenvalue weighted by Gasteiger charge is 2.21. The molecule has 0 spiro atoms. The molecule has 0 aromatic carbocycles. The Morgan fingerprint density at radius 3 is 3.07 bits per heavy atom. The largest absolute Gasteiger partial charge is 0.465 e. The van der Waals surface area contributed by atoms with E-state index in [0.29, 0.717) is 17.7 Å². The summed E-state index contributed by atoms with van der Waals surface area (Å²) >= 11 is 1.45. The summed E-state index contributed by atoms with van der Waals surface area (Å²) < 4.78 is 4.69. The molecule has 0 amide bonds. The normalized spacial score (nSPS) is 20.6. The summed E-state index contributed by atoms with van der Waals surface area (Å²) in [6, 6.07) is 0. The quantitative estimate of drug-likeness (QED) is 0.739. The van der Waals surface area contributed by atoms with Crippen molar-refractivity contribution < 1.29 is 14.6 Å². The van der Waals surface area contributed by atoms with E-state index in [2.05, 4.69) is 4.99 Å². The van der Waals surface area contributed by atoms with Gasteiger partial charge in [0.05, 0.1) is 12.8 Å². The Morgan fingerprint density at radius 1 is 1.73 bits per heavy atom. The Balaban J connectivity index is 2.82. The number of hydrogen-bond donors (Lipinski definition) is 1. The number of nitrogens with zero attached hydrogens (tertiary/aromatic N) is 1. The molecule has 1 heterocycles. The Labute approximate surface area is 93.4 Å². The summed E-state index contributed by atoms with van der Waals surface area (Å²) in [5.74, 6) is -0.336. The van der Waals surface area contributed by atoms with Crippen LogP contribution >= 0.6 is 11.8 Å². The summed E-state index contributed by atoms with van der Waals surface area (Å²) in [6.45, 7) is 2.08. The summed E-state index contributed by atoms with van der Waals surface area (Å²) in [4.78, 5) is 16.2. The van der Waals surface area contributed by atoms with Crippen molar-refractivity contribution in [2.24, 2.45) is 4.99 Å². The molecule has 84 valence electrons. The van der Waals surface area contributed by atoms with E-state index < -0.39 is 0 Å². The maximum atomic E-state index is 11.4. The molecule has 1 aliphatic heterocycles. The summed E-state index contributed by atoms with van der Waals surface area (Å²) in [5, 5.41) is 8.93. The smallest absolute Gasteiger partial charge is 0.346 e. The number of ether oxygens (including phenoxy) is 1. The Bertz CT molecular complexity index is 299. The van der Waals surface area contributed by atoms with Crippen molar-refractivity contribution in [3.8, 4) is 0 Å². The van der Waals surface area contributed by atoms with Crippen molar-refractivity contribution in [1.29, 1.82) is 0 Å². The van der Waals surface area contributed by atoms with Crippen LogP contribution in [0.1, 0.15) is 19.8 Å². The molecule has 5 heteroatoms. The fourth-order valence-corrected chi connectivity index (χ4v) is 2.18. The molecule has 0 saturated heterocycles. The number of methoxy groups -OCH3 is 1. The minimum atomic E-state index is -0.336. The topological polar surface area (TPSA) is 58.9 Å². The first-order chi connectivity index (χ1) is 7.19. The number of carbonyl (C=O) groups is 1. The molecule has 0 aromatic rings. The van der Waals surface area contributed by atoms with Crippen LogP contribution in [0.2, 0.25) is 0 Å². The van der Waals surface area contributed by atoms with E-state index in [4.69, 9.17) is 9.84 Å². The van der Waals surface area contributed by atoms with Crippen LogP contribution < -0.4 is 0 Å². The zero-order valence-corrected chi connectivity index (χ0v) is 9.71. The lowest BCUT2D eigenvalue weighted by Gasteiger charge is -2.16. The molecular formula is C10H15NO3S. The fraction of sp³-hybridized carbons (Fsp3) is 0.600. The molecule has 1 N–H and O–H groups in total. The molecule has 0 saturated carbocycles. The fourth-order valence-electron chi connectivity index (χ4n) is 1.22. The monoisotopic (exact) mass is 229 g/mol. The summed E-state index contributed by atoms with van der Waals surface area (Å²) in [7, 11) is 1.36. The Kier molecular flexibility index (Phi) is 4.84. The van der Waals surface area contributed by atoms with Gasteiger partial charge in [0.25, 0.3) is 0 Å². The summed E-state index contributed by atoms with van der Waals surface area (Å²) in [6.07, 6.45) is 3.03. The number of carbonyl (C=O) groups excluding carboxylic acids is 1. The van der Waals surface area contributed by atoms with Crippen LogP contribution in [-0.2, 0) is 9.53 Å². The first-order valence-corrected chi connectivity index (χ1v) is 5.70. The van der Waals surface area contributed by atoms with Crippen LogP contribution in [0.25, 0.3) is 0 Å². The van der Waals surface area contributed by atoms with Gasteiger partial charge >= 0.3 is 5.97 Å². The second kappa shape index (κ2) is 5.92. The lowest BCUT2D eigenvalue weighted by atomic mass is 10.2. The van der Waals surface area contributed by atoms with Crippen LogP contribution in [-0.4, -0.2) is 36.3 Å². The molecule has 0 fully saturated rings. The maximum Gasteiger partial charge on any atom is 0.346 e. The van der Waals surface area contributed by atoms with E-state index >= 15 is 0 Å². The SMILES string of the molecule is COC(=O)C1=C(CCCO)N=CC(C)S1. The average molecular weight is 229 g/mol. The first kappa shape index (κ1) is 12.3. The van der Waals surface area contributed by atoms with Crippen LogP contribution in [0.5, 0.6) is 0 Å². The number of aliphatic hydroxyl groups is 1. The number of aliphatic hydroxyl groups excluding tert-OH is 1. The van der Waals surface area contributed by atoms with Crippen molar-refractivity contribution in [3.05, 3.63) is 10.6 Å². The lowest BCUT2D eigenvalue weighted by molar-refractivity contribution is -0.135. The second-order valence-electron chi connectivity index (χ2n) is 3.20. The van der Waals surface area contributed by atoms with Crippen LogP contribution in [0, 0.1) is 0 Å². The van der Waals surface area contributed by atoms with Crippen molar-refractivity contribution in [2.45, 2.75) is 25.0 Å². The van der Waals surface area contributed by atoms with E-state index in [-0.39, 0.29) is 17.8 Å². The van der Waals surface area contributed by atoms with E-state index in [1.807, 2.05) is 13.1 Å². The van der Waals surface area contributed by atoms with E-state index in [1.54, 1.807) is 0 Å². The summed E-state index contributed by atoms with van der Waals surface area (Å²) in [5.41, 5.74) is 0.721. The van der Waals surface area contributed by atoms with Gasteiger partial charge in [-0.25, -0.2) is 4.79 Å². The van der Waals surface area contributed by atoms with Gasteiger partial charge in [0.15, 0.2) is 0 Å². The maximum absolute atomic E-state index is 11.4. The molecule has 1 aliphatic rings. The van der Waals surface area contributed by atoms with Gasteiger partial charge in [-0.3, -0.25) is 4.99 Å². The lowest BCUT2D eigenvalue weighted by Crippen LogP contribution is -2.13. The zero-order chi connectivity index (χ0) is 11.3. The minimum absolute atomic E-state index is 0.105. The number of esters is 1. The number of allylic oxidation sites excluding steroid dienone is 1. The van der Waals surface area contributed by atoms with Gasteiger partial charge in [0.1, 0.15) is 4.91 Å². The molecular weight excluding hydrogens is 214 g/mol. The molecule has 15 heavy (non-hydrogen) atoms. The van der Waals surface area contributed by atoms with Crippen molar-refractivity contribution >= 4 is 23.9 Å². The van der Waals surface area contributed by atoms with Gasteiger partial charge in [0.2, 0.25) is 0 Å². The van der Waals surface area contributed by atoms with Crippen molar-refractivity contribution in [3.63, 3.8) is 0 Å². The van der Waals surface area contributed by atoms with Gasteiger partial charge in [-0.05, 0) is 19.8 Å². The predicted octanol–water partition coefficient (Wildman–Crippen LogP) is 1.35. The van der Waals surface area contributed by atoms with Gasteiger partial charge in [0, 0.05) is 18.1 Å². The number of thioether (sulfide) groups is 1. The van der Waals surface area contributed by atoms with Gasteiger partial charge in [-0.2, -0.15) is 0 Å². The van der Waals surface area contributed by atoms with E-state index in [0.717, 1.165) is 5.70 Å². The molecule has 0 aliphatic carbocycles. The van der Waals surface area contributed by atoms with Gasteiger partial charge in [-0.1, -0.05) is 0 Å². The standard InChI is InChI=1S/C10H15NO3S/c1-7-6-11-8(4-3-5-12)9(15-7)10(13)14-2/h6-7,12H,3-5H2,1-2H3. The first-order valence-electron chi connectivity index (χ1n) is 4.82. The third-order valence-corrected chi connectivity index (χ3v) is 3.08. The number of aliphatic imine (C=N–C) groups is 1. The number of hydrogen-bond acceptors (Lipinski definition) is 5. The van der Waals surface area contributed by atoms with E-state index in [1.165, 1.54) is 18.9 Å². The molecule has 0 radical (unpaired) electrons. The molecule has 0 aromatic heterocycles. The highest BCUT2D eigenvalue weighted by molar-refractivity contribution is 8.05. The third kappa shape index (κ3) is 3.35. The van der Waals surface area contributed by atoms with Gasteiger partial charge < -0.3 is 9.84 Å². The van der Waals surface area contributed by atoms with Crippen LogP contribution in [0.4, 0.5) is 0 Å². The highest BCUT2D eigenvalue weighted by atomic mass is 32.2. The number of rotatable bonds is 4. The highest BCUT2D eigenvalue weighted by Crippen LogP contribution is 2.31. The third-order valence-electron chi connectivity index (χ3n) is 1.95. The zero-order valence-electron chi connectivity index (χ0n) is 8.90. The van der Waals surface area contributed by atoms with Crippen molar-refractivity contribution in [1.82, 2.24) is 0 Å².